The molecule has 0 radical (unpaired) electrons. The van der Waals surface area contributed by atoms with E-state index in [9.17, 15) is 9.59 Å². The van der Waals surface area contributed by atoms with Gasteiger partial charge < -0.3 is 25.6 Å². The average molecular weight is 292 g/mol. The molecule has 0 aliphatic heterocycles. The second-order valence-electron chi connectivity index (χ2n) is 2.74. The van der Waals surface area contributed by atoms with Gasteiger partial charge in [-0.15, -0.1) is 24.8 Å². The molecule has 0 aromatic carbocycles. The molecule has 0 aromatic rings. The van der Waals surface area contributed by atoms with Gasteiger partial charge in [0.1, 0.15) is 6.54 Å². The number of ether oxygens (including phenoxy) is 1. The number of likely N-dealkylation sites (N-methyl/N-ethyl adjacent to an activating group) is 1. The van der Waals surface area contributed by atoms with Crippen LogP contribution in [0.5, 0.6) is 0 Å². The van der Waals surface area contributed by atoms with Crippen LogP contribution < -0.4 is 5.73 Å². The Morgan fingerprint density at radius 3 is 2.24 bits per heavy atom. The number of esters is 1. The molecule has 1 atom stereocenters. The third kappa shape index (κ3) is 8.55. The van der Waals surface area contributed by atoms with Gasteiger partial charge in [0.25, 0.3) is 0 Å². The van der Waals surface area contributed by atoms with Crippen LogP contribution in [0.2, 0.25) is 0 Å². The van der Waals surface area contributed by atoms with E-state index in [0.29, 0.717) is 0 Å². The van der Waals surface area contributed by atoms with Crippen LogP contribution in [0.4, 0.5) is 0 Å². The fourth-order valence-electron chi connectivity index (χ4n) is 0.641. The molecular formula is C7H15Cl2N3O5. The third-order valence-corrected chi connectivity index (χ3v) is 1.49. The fourth-order valence-corrected chi connectivity index (χ4v) is 0.641. The number of nitrogens with two attached hydrogens (primary N) is 1. The lowest BCUT2D eigenvalue weighted by molar-refractivity contribution is -0.166. The Balaban J connectivity index is -0.000000980. The van der Waals surface area contributed by atoms with Gasteiger partial charge in [-0.05, 0) is 0 Å². The molecule has 0 heterocycles. The van der Waals surface area contributed by atoms with E-state index in [1.54, 1.807) is 0 Å². The monoisotopic (exact) mass is 291 g/mol. The molecule has 5 N–H and O–H groups in total. The van der Waals surface area contributed by atoms with Crippen molar-refractivity contribution in [3.8, 4) is 0 Å². The minimum Gasteiger partial charge on any atom is -0.478 e. The molecule has 0 aromatic heterocycles. The number of carboxylic acid groups (broad SMARTS) is 1. The van der Waals surface area contributed by atoms with Crippen molar-refractivity contribution in [1.82, 2.24) is 4.90 Å². The van der Waals surface area contributed by atoms with Gasteiger partial charge in [0.05, 0.1) is 6.61 Å². The Morgan fingerprint density at radius 1 is 1.47 bits per heavy atom. The molecule has 0 bridgehead atoms. The number of rotatable bonds is 5. The van der Waals surface area contributed by atoms with Gasteiger partial charge in [0.15, 0.2) is 5.96 Å². The van der Waals surface area contributed by atoms with E-state index in [1.807, 2.05) is 0 Å². The summed E-state index contributed by atoms with van der Waals surface area (Å²) < 4.78 is 4.40. The Bertz CT molecular complexity index is 276. The lowest BCUT2D eigenvalue weighted by Crippen LogP contribution is -2.40. The lowest BCUT2D eigenvalue weighted by atomic mass is 10.4. The molecule has 0 saturated heterocycles. The van der Waals surface area contributed by atoms with Gasteiger partial charge in [-0.3, -0.25) is 10.2 Å². The van der Waals surface area contributed by atoms with Crippen molar-refractivity contribution >= 4 is 42.7 Å². The predicted molar refractivity (Wildman–Crippen MR) is 63.6 cm³/mol. The van der Waals surface area contributed by atoms with E-state index in [4.69, 9.17) is 21.4 Å². The first kappa shape index (κ1) is 21.1. The quantitative estimate of drug-likeness (QED) is 0.279. The van der Waals surface area contributed by atoms with Crippen LogP contribution in [-0.2, 0) is 14.3 Å². The van der Waals surface area contributed by atoms with Crippen LogP contribution in [0.25, 0.3) is 0 Å². The molecule has 1 unspecified atom stereocenters. The topological polar surface area (TPSA) is 137 Å². The van der Waals surface area contributed by atoms with E-state index in [-0.39, 0.29) is 37.3 Å². The summed E-state index contributed by atoms with van der Waals surface area (Å²) >= 11 is 0. The maximum atomic E-state index is 11.0. The normalized spacial score (nSPS) is 10.2. The van der Waals surface area contributed by atoms with E-state index in [0.717, 1.165) is 4.90 Å². The predicted octanol–water partition coefficient (Wildman–Crippen LogP) is -1.36. The largest absolute Gasteiger partial charge is 0.478 e. The summed E-state index contributed by atoms with van der Waals surface area (Å²) in [5.74, 6) is -2.66. The number of aliphatic hydroxyl groups excluding tert-OH is 1. The molecule has 0 aliphatic rings. The van der Waals surface area contributed by atoms with Gasteiger partial charge >= 0.3 is 11.9 Å². The van der Waals surface area contributed by atoms with Crippen molar-refractivity contribution in [1.29, 1.82) is 5.41 Å². The second kappa shape index (κ2) is 9.94. The number of aliphatic carboxylic acids is 1. The van der Waals surface area contributed by atoms with E-state index < -0.39 is 24.6 Å². The summed E-state index contributed by atoms with van der Waals surface area (Å²) in [5, 5.41) is 23.9. The van der Waals surface area contributed by atoms with Crippen LogP contribution in [0.15, 0.2) is 0 Å². The first-order valence-electron chi connectivity index (χ1n) is 3.96. The van der Waals surface area contributed by atoms with Crippen molar-refractivity contribution in [2.75, 3.05) is 20.2 Å². The minimum atomic E-state index is -1.59. The smallest absolute Gasteiger partial charge is 0.347 e. The van der Waals surface area contributed by atoms with Crippen molar-refractivity contribution in [2.24, 2.45) is 5.73 Å². The summed E-state index contributed by atoms with van der Waals surface area (Å²) in [6.45, 7) is -1.15. The molecule has 17 heavy (non-hydrogen) atoms. The molecule has 8 nitrogen and oxygen atoms in total. The number of halogens is 2. The highest BCUT2D eigenvalue weighted by molar-refractivity contribution is 5.85. The van der Waals surface area contributed by atoms with Gasteiger partial charge in [-0.2, -0.15) is 0 Å². The van der Waals surface area contributed by atoms with Crippen molar-refractivity contribution in [3.05, 3.63) is 0 Å². The second-order valence-corrected chi connectivity index (χ2v) is 2.74. The molecule has 10 heteroatoms. The van der Waals surface area contributed by atoms with Crippen molar-refractivity contribution in [3.63, 3.8) is 0 Å². The SMILES string of the molecule is CN(CC(=O)OC(CO)C(=O)O)C(=N)N.Cl.Cl. The average Bonchev–Trinajstić information content (AvgIpc) is 2.13. The van der Waals surface area contributed by atoms with E-state index in [2.05, 4.69) is 4.74 Å². The van der Waals surface area contributed by atoms with E-state index >= 15 is 0 Å². The van der Waals surface area contributed by atoms with Crippen LogP contribution >= 0.6 is 24.8 Å². The van der Waals surface area contributed by atoms with Crippen LogP contribution in [0, 0.1) is 5.41 Å². The minimum absolute atomic E-state index is 0. The Hall–Kier alpha value is -1.25. The molecule has 0 spiro atoms. The Morgan fingerprint density at radius 2 is 1.94 bits per heavy atom. The zero-order valence-electron chi connectivity index (χ0n) is 8.95. The van der Waals surface area contributed by atoms with Crippen molar-refractivity contribution < 1.29 is 24.5 Å². The fraction of sp³-hybridized carbons (Fsp3) is 0.571. The maximum Gasteiger partial charge on any atom is 0.347 e. The molecular weight excluding hydrogens is 277 g/mol. The van der Waals surface area contributed by atoms with Crippen LogP contribution in [0.3, 0.4) is 0 Å². The molecule has 0 rings (SSSR count). The first-order valence-corrected chi connectivity index (χ1v) is 3.96. The number of hydrogen-bond acceptors (Lipinski definition) is 5. The number of nitrogens with zero attached hydrogens (tertiary/aromatic N) is 1. The van der Waals surface area contributed by atoms with E-state index in [1.165, 1.54) is 7.05 Å². The van der Waals surface area contributed by atoms with Gasteiger partial charge in [0, 0.05) is 7.05 Å². The first-order chi connectivity index (χ1) is 6.88. The molecule has 0 fully saturated rings. The lowest BCUT2D eigenvalue weighted by Gasteiger charge is -2.17. The zero-order valence-corrected chi connectivity index (χ0v) is 10.6. The highest BCUT2D eigenvalue weighted by Crippen LogP contribution is 1.93. The summed E-state index contributed by atoms with van der Waals surface area (Å²) in [7, 11) is 1.37. The standard InChI is InChI=1S/C7H13N3O5.2ClH/c1-10(7(8)9)2-5(12)15-4(3-11)6(13)14;;/h4,11H,2-3H2,1H3,(H3,8,9)(H,13,14);2*1H. The van der Waals surface area contributed by atoms with Crippen LogP contribution in [-0.4, -0.2) is 59.3 Å². The number of hydrogen-bond donors (Lipinski definition) is 4. The Kier molecular flexibility index (Phi) is 12.3. The highest BCUT2D eigenvalue weighted by Gasteiger charge is 2.21. The summed E-state index contributed by atoms with van der Waals surface area (Å²) in [4.78, 5) is 22.5. The van der Waals surface area contributed by atoms with Crippen molar-refractivity contribution in [2.45, 2.75) is 6.10 Å². The maximum absolute atomic E-state index is 11.0. The summed E-state index contributed by atoms with van der Waals surface area (Å²) in [6.07, 6.45) is -1.59. The van der Waals surface area contributed by atoms with Gasteiger partial charge in [-0.1, -0.05) is 0 Å². The number of guanidine groups is 1. The number of carboxylic acids is 1. The summed E-state index contributed by atoms with van der Waals surface area (Å²) in [6, 6.07) is 0. The van der Waals surface area contributed by atoms with Crippen LogP contribution in [0.1, 0.15) is 0 Å². The molecule has 0 amide bonds. The third-order valence-electron chi connectivity index (χ3n) is 1.49. The summed E-state index contributed by atoms with van der Waals surface area (Å²) in [5.41, 5.74) is 5.04. The number of aliphatic hydroxyl groups is 1. The highest BCUT2D eigenvalue weighted by atomic mass is 35.5. The van der Waals surface area contributed by atoms with Gasteiger partial charge in [-0.25, -0.2) is 4.79 Å². The van der Waals surface area contributed by atoms with Gasteiger partial charge in [0.2, 0.25) is 6.10 Å². The number of carbonyl (C=O) groups is 2. The molecule has 102 valence electrons. The zero-order chi connectivity index (χ0) is 12.0. The molecule has 0 aliphatic carbocycles. The molecule has 0 saturated carbocycles. The number of nitrogens with one attached hydrogen (secondary N) is 1. The number of carbonyl (C=O) groups excluding carboxylic acids is 1. The Labute approximate surface area is 110 Å².